The number of hydrogen-bond donors (Lipinski definition) is 0. The van der Waals surface area contributed by atoms with E-state index in [1.165, 1.54) is 16.1 Å². The molecule has 2 aliphatic rings. The number of nitrogens with zero attached hydrogens (tertiary/aromatic N) is 4. The lowest BCUT2D eigenvalue weighted by Crippen LogP contribution is -2.40. The average molecular weight is 677 g/mol. The highest BCUT2D eigenvalue weighted by molar-refractivity contribution is 8.26. The lowest BCUT2D eigenvalue weighted by Gasteiger charge is -2.26. The third kappa shape index (κ3) is 6.60. The Balaban J connectivity index is 1.31. The molecule has 0 radical (unpaired) electrons. The Kier molecular flexibility index (Phi) is 9.57. The molecule has 46 heavy (non-hydrogen) atoms. The Hall–Kier alpha value is -4.01. The quantitative estimate of drug-likeness (QED) is 0.169. The fourth-order valence-corrected chi connectivity index (χ4v) is 8.03. The van der Waals surface area contributed by atoms with Gasteiger partial charge in [0, 0.05) is 37.0 Å². The molecule has 6 rings (SSSR count). The molecule has 0 spiro atoms. The van der Waals surface area contributed by atoms with Crippen LogP contribution in [-0.4, -0.2) is 84.7 Å². The van der Waals surface area contributed by atoms with Gasteiger partial charge in [-0.1, -0.05) is 60.4 Å². The number of hydrogen-bond acceptors (Lipinski definition) is 9. The molecule has 1 amide bonds. The predicted molar refractivity (Wildman–Crippen MR) is 182 cm³/mol. The summed E-state index contributed by atoms with van der Waals surface area (Å²) in [5.41, 5.74) is 3.61. The van der Waals surface area contributed by atoms with Crippen LogP contribution in [0.2, 0.25) is 0 Å². The summed E-state index contributed by atoms with van der Waals surface area (Å²) in [5, 5.41) is 4.85. The summed E-state index contributed by atoms with van der Waals surface area (Å²) >= 11 is 6.86. The Labute approximate surface area is 277 Å². The third-order valence-corrected chi connectivity index (χ3v) is 11.0. The van der Waals surface area contributed by atoms with E-state index in [1.807, 2.05) is 60.8 Å². The zero-order valence-corrected chi connectivity index (χ0v) is 27.7. The van der Waals surface area contributed by atoms with Crippen molar-refractivity contribution in [3.8, 4) is 28.4 Å². The Morgan fingerprint density at radius 1 is 0.978 bits per heavy atom. The molecule has 3 heterocycles. The van der Waals surface area contributed by atoms with E-state index in [0.717, 1.165) is 11.3 Å². The molecule has 238 valence electrons. The number of carbonyl (C=O) groups excluding carboxylic acids is 1. The standard InChI is InChI=1S/C33H32N4O6S3/c1-41-28-12-11-23(19-29(28)42-2)13-14-36-32(38)30(45-33(36)44)21-25-22-37(26-8-4-3-5-9-26)34-31(25)24-7-6-10-27(20-24)46(39,40)35-15-17-43-18-16-35/h3-12,19-22H,13-18H2,1-2H3/b30-21-. The second-order valence-electron chi connectivity index (χ2n) is 10.5. The van der Waals surface area contributed by atoms with E-state index in [0.29, 0.717) is 76.8 Å². The van der Waals surface area contributed by atoms with E-state index in [1.54, 1.807) is 48.1 Å². The monoisotopic (exact) mass is 676 g/mol. The molecule has 10 nitrogen and oxygen atoms in total. The van der Waals surface area contributed by atoms with Crippen molar-refractivity contribution < 1.29 is 27.4 Å². The molecule has 13 heteroatoms. The van der Waals surface area contributed by atoms with Crippen molar-refractivity contribution in [1.82, 2.24) is 19.0 Å². The Morgan fingerprint density at radius 3 is 2.48 bits per heavy atom. The Bertz CT molecular complexity index is 1900. The molecule has 1 aromatic heterocycles. The third-order valence-electron chi connectivity index (χ3n) is 7.71. The molecule has 2 fully saturated rings. The zero-order valence-electron chi connectivity index (χ0n) is 25.3. The van der Waals surface area contributed by atoms with E-state index < -0.39 is 10.0 Å². The predicted octanol–water partition coefficient (Wildman–Crippen LogP) is 5.02. The summed E-state index contributed by atoms with van der Waals surface area (Å²) in [6.07, 6.45) is 4.19. The first-order valence-corrected chi connectivity index (χ1v) is 17.2. The largest absolute Gasteiger partial charge is 0.493 e. The minimum absolute atomic E-state index is 0.175. The van der Waals surface area contributed by atoms with Crippen LogP contribution in [0, 0.1) is 0 Å². The maximum Gasteiger partial charge on any atom is 0.266 e. The molecular formula is C33H32N4O6S3. The van der Waals surface area contributed by atoms with Gasteiger partial charge < -0.3 is 14.2 Å². The SMILES string of the molecule is COc1ccc(CCN2C(=O)/C(=C/c3cn(-c4ccccc4)nc3-c3cccc(S(=O)(=O)N4CCOCC4)c3)SC2=S)cc1OC. The highest BCUT2D eigenvalue weighted by atomic mass is 32.2. The molecule has 4 aromatic rings. The summed E-state index contributed by atoms with van der Waals surface area (Å²) in [5.74, 6) is 1.06. The molecule has 0 aliphatic carbocycles. The van der Waals surface area contributed by atoms with E-state index in [4.69, 9.17) is 31.5 Å². The number of carbonyl (C=O) groups is 1. The first-order valence-electron chi connectivity index (χ1n) is 14.6. The maximum atomic E-state index is 13.6. The van der Waals surface area contributed by atoms with Crippen LogP contribution in [0.3, 0.4) is 0 Å². The van der Waals surface area contributed by atoms with Gasteiger partial charge in [0.2, 0.25) is 10.0 Å². The first kappa shape index (κ1) is 32.0. The molecule has 2 saturated heterocycles. The van der Waals surface area contributed by atoms with Gasteiger partial charge in [-0.05, 0) is 54.5 Å². The zero-order chi connectivity index (χ0) is 32.3. The summed E-state index contributed by atoms with van der Waals surface area (Å²) in [7, 11) is -0.556. The topological polar surface area (TPSA) is 103 Å². The van der Waals surface area contributed by atoms with Gasteiger partial charge in [0.05, 0.1) is 42.9 Å². The van der Waals surface area contributed by atoms with Crippen LogP contribution in [0.4, 0.5) is 0 Å². The van der Waals surface area contributed by atoms with Crippen molar-refractivity contribution in [3.63, 3.8) is 0 Å². The summed E-state index contributed by atoms with van der Waals surface area (Å²) in [6, 6.07) is 22.0. The minimum Gasteiger partial charge on any atom is -0.493 e. The molecule has 0 unspecified atom stereocenters. The Morgan fingerprint density at radius 2 is 1.74 bits per heavy atom. The van der Waals surface area contributed by atoms with Crippen molar-refractivity contribution in [2.45, 2.75) is 11.3 Å². The number of thiocarbonyl (C=S) groups is 1. The number of ether oxygens (including phenoxy) is 3. The van der Waals surface area contributed by atoms with Gasteiger partial charge >= 0.3 is 0 Å². The number of thioether (sulfide) groups is 1. The van der Waals surface area contributed by atoms with E-state index in [9.17, 15) is 13.2 Å². The lowest BCUT2D eigenvalue weighted by molar-refractivity contribution is -0.122. The summed E-state index contributed by atoms with van der Waals surface area (Å²) < 4.78 is 46.6. The molecule has 0 bridgehead atoms. The van der Waals surface area contributed by atoms with E-state index in [2.05, 4.69) is 0 Å². The normalized spacial score (nSPS) is 16.7. The fraction of sp³-hybridized carbons (Fsp3) is 0.242. The molecule has 2 aliphatic heterocycles. The van der Waals surface area contributed by atoms with Gasteiger partial charge in [-0.2, -0.15) is 9.40 Å². The van der Waals surface area contributed by atoms with Gasteiger partial charge in [-0.3, -0.25) is 9.69 Å². The first-order chi connectivity index (χ1) is 22.3. The highest BCUT2D eigenvalue weighted by Crippen LogP contribution is 2.36. The smallest absolute Gasteiger partial charge is 0.266 e. The maximum absolute atomic E-state index is 13.6. The van der Waals surface area contributed by atoms with Gasteiger partial charge in [0.25, 0.3) is 5.91 Å². The summed E-state index contributed by atoms with van der Waals surface area (Å²) in [4.78, 5) is 15.9. The number of sulfonamides is 1. The van der Waals surface area contributed by atoms with Crippen LogP contribution in [0.1, 0.15) is 11.1 Å². The molecular weight excluding hydrogens is 645 g/mol. The van der Waals surface area contributed by atoms with Crippen molar-refractivity contribution >= 4 is 50.3 Å². The van der Waals surface area contributed by atoms with E-state index in [-0.39, 0.29) is 10.8 Å². The van der Waals surface area contributed by atoms with Crippen LogP contribution in [0.5, 0.6) is 11.5 Å². The van der Waals surface area contributed by atoms with Crippen LogP contribution in [0.15, 0.2) is 88.8 Å². The van der Waals surface area contributed by atoms with Crippen molar-refractivity contribution in [2.75, 3.05) is 47.1 Å². The minimum atomic E-state index is -3.73. The number of morpholine rings is 1. The number of rotatable bonds is 10. The van der Waals surface area contributed by atoms with Crippen molar-refractivity contribution in [3.05, 3.63) is 95.0 Å². The number of para-hydroxylation sites is 1. The molecule has 0 saturated carbocycles. The van der Waals surface area contributed by atoms with Gasteiger partial charge in [0.1, 0.15) is 10.0 Å². The second-order valence-corrected chi connectivity index (χ2v) is 14.1. The van der Waals surface area contributed by atoms with Crippen LogP contribution in [-0.2, 0) is 26.0 Å². The number of methoxy groups -OCH3 is 2. The summed E-state index contributed by atoms with van der Waals surface area (Å²) in [6.45, 7) is 1.71. The highest BCUT2D eigenvalue weighted by Gasteiger charge is 2.32. The van der Waals surface area contributed by atoms with Crippen LogP contribution >= 0.6 is 24.0 Å². The van der Waals surface area contributed by atoms with Gasteiger partial charge in [-0.15, -0.1) is 0 Å². The van der Waals surface area contributed by atoms with Crippen LogP contribution in [0.25, 0.3) is 23.0 Å². The van der Waals surface area contributed by atoms with E-state index >= 15 is 0 Å². The lowest BCUT2D eigenvalue weighted by atomic mass is 10.1. The van der Waals surface area contributed by atoms with Gasteiger partial charge in [-0.25, -0.2) is 13.1 Å². The molecule has 3 aromatic carbocycles. The average Bonchev–Trinajstić information content (AvgIpc) is 3.63. The van der Waals surface area contributed by atoms with Crippen LogP contribution < -0.4 is 9.47 Å². The van der Waals surface area contributed by atoms with Crippen molar-refractivity contribution in [1.29, 1.82) is 0 Å². The second kappa shape index (κ2) is 13.8. The van der Waals surface area contributed by atoms with Gasteiger partial charge in [0.15, 0.2) is 11.5 Å². The number of aromatic nitrogens is 2. The number of amides is 1. The molecule has 0 N–H and O–H groups in total. The van der Waals surface area contributed by atoms with Crippen molar-refractivity contribution in [2.24, 2.45) is 0 Å². The molecule has 0 atom stereocenters. The number of benzene rings is 3. The fourth-order valence-electron chi connectivity index (χ4n) is 5.28.